The van der Waals surface area contributed by atoms with Crippen molar-refractivity contribution in [2.45, 2.75) is 155 Å². The smallest absolute Gasteiger partial charge is 0.0190 e. The Hall–Kier alpha value is -0.0800. The number of nitrogens with two attached hydrogens (primary N) is 1. The second-order valence-corrected chi connectivity index (χ2v) is 9.48. The third kappa shape index (κ3) is 21.0. The van der Waals surface area contributed by atoms with Gasteiger partial charge in [-0.1, -0.05) is 129 Å². The van der Waals surface area contributed by atoms with Gasteiger partial charge in [0.2, 0.25) is 0 Å². The Morgan fingerprint density at radius 1 is 0.483 bits per heavy atom. The van der Waals surface area contributed by atoms with E-state index in [1.165, 1.54) is 142 Å². The lowest BCUT2D eigenvalue weighted by Crippen LogP contribution is -2.39. The van der Waals surface area contributed by atoms with E-state index in [-0.39, 0.29) is 0 Å². The van der Waals surface area contributed by atoms with Gasteiger partial charge in [-0.3, -0.25) is 4.90 Å². The summed E-state index contributed by atoms with van der Waals surface area (Å²) in [7, 11) is 0. The third-order valence-electron chi connectivity index (χ3n) is 6.56. The van der Waals surface area contributed by atoms with Crippen molar-refractivity contribution in [3.8, 4) is 0 Å². The van der Waals surface area contributed by atoms with E-state index in [4.69, 9.17) is 5.73 Å². The first-order valence-corrected chi connectivity index (χ1v) is 13.7. The van der Waals surface area contributed by atoms with Gasteiger partial charge in [-0.05, 0) is 32.9 Å². The minimum absolute atomic E-state index is 0.548. The van der Waals surface area contributed by atoms with E-state index in [9.17, 15) is 0 Å². The molecule has 0 aromatic carbocycles. The van der Waals surface area contributed by atoms with Crippen molar-refractivity contribution in [3.05, 3.63) is 0 Å². The maximum atomic E-state index is 5.97. The van der Waals surface area contributed by atoms with Crippen LogP contribution in [0.2, 0.25) is 0 Å². The first-order valence-electron chi connectivity index (χ1n) is 13.7. The van der Waals surface area contributed by atoms with Crippen molar-refractivity contribution in [1.82, 2.24) is 4.90 Å². The van der Waals surface area contributed by atoms with Crippen LogP contribution in [0.3, 0.4) is 0 Å². The summed E-state index contributed by atoms with van der Waals surface area (Å²) in [4.78, 5) is 2.66. The van der Waals surface area contributed by atoms with Crippen LogP contribution in [0, 0.1) is 0 Å². The topological polar surface area (TPSA) is 29.3 Å². The van der Waals surface area contributed by atoms with Crippen molar-refractivity contribution in [2.75, 3.05) is 19.6 Å². The van der Waals surface area contributed by atoms with E-state index in [0.29, 0.717) is 6.04 Å². The maximum Gasteiger partial charge on any atom is 0.0190 e. The van der Waals surface area contributed by atoms with Crippen LogP contribution in [-0.2, 0) is 0 Å². The lowest BCUT2D eigenvalue weighted by atomic mass is 10.1. The predicted octanol–water partition coefficient (Wildman–Crippen LogP) is 8.48. The Balaban J connectivity index is 3.57. The molecule has 1 unspecified atom stereocenters. The second-order valence-electron chi connectivity index (χ2n) is 9.48. The fourth-order valence-electron chi connectivity index (χ4n) is 4.31. The van der Waals surface area contributed by atoms with Gasteiger partial charge in [-0.15, -0.1) is 0 Å². The number of hydrogen-bond donors (Lipinski definition) is 1. The molecule has 0 aromatic rings. The van der Waals surface area contributed by atoms with Crippen LogP contribution in [0.5, 0.6) is 0 Å². The van der Waals surface area contributed by atoms with Crippen LogP contribution in [0.25, 0.3) is 0 Å². The normalized spacial score (nSPS) is 12.7. The molecule has 0 bridgehead atoms. The molecule has 0 radical (unpaired) electrons. The van der Waals surface area contributed by atoms with Crippen LogP contribution in [0.4, 0.5) is 0 Å². The van der Waals surface area contributed by atoms with E-state index in [2.05, 4.69) is 25.7 Å². The summed E-state index contributed by atoms with van der Waals surface area (Å²) in [6.45, 7) is 10.2. The Kier molecular flexibility index (Phi) is 24.1. The zero-order valence-corrected chi connectivity index (χ0v) is 20.9. The van der Waals surface area contributed by atoms with Crippen molar-refractivity contribution in [2.24, 2.45) is 5.73 Å². The Labute approximate surface area is 185 Å². The van der Waals surface area contributed by atoms with Crippen LogP contribution < -0.4 is 5.73 Å². The van der Waals surface area contributed by atoms with Crippen LogP contribution >= 0.6 is 0 Å². The molecule has 0 amide bonds. The van der Waals surface area contributed by atoms with Crippen molar-refractivity contribution in [3.63, 3.8) is 0 Å². The molecule has 29 heavy (non-hydrogen) atoms. The summed E-state index contributed by atoms with van der Waals surface area (Å²) in [6.07, 6.45) is 28.4. The summed E-state index contributed by atoms with van der Waals surface area (Å²) < 4.78 is 0. The standard InChI is InChI=1S/C27H58N2/c1-4-6-8-10-12-14-16-18-20-22-24-29(27(3)26-28)25-23-21-19-17-15-13-11-9-7-5-2/h27H,4-26,28H2,1-3H3. The molecule has 0 aliphatic heterocycles. The highest BCUT2D eigenvalue weighted by atomic mass is 15.2. The van der Waals surface area contributed by atoms with E-state index in [0.717, 1.165) is 6.54 Å². The predicted molar refractivity (Wildman–Crippen MR) is 134 cm³/mol. The molecule has 2 heteroatoms. The minimum Gasteiger partial charge on any atom is -0.329 e. The number of nitrogens with zero attached hydrogens (tertiary/aromatic N) is 1. The van der Waals surface area contributed by atoms with Crippen LogP contribution in [0.15, 0.2) is 0 Å². The van der Waals surface area contributed by atoms with Gasteiger partial charge in [0.1, 0.15) is 0 Å². The molecule has 0 saturated heterocycles. The summed E-state index contributed by atoms with van der Waals surface area (Å²) >= 11 is 0. The fourth-order valence-corrected chi connectivity index (χ4v) is 4.31. The van der Waals surface area contributed by atoms with E-state index >= 15 is 0 Å². The van der Waals surface area contributed by atoms with E-state index in [1.54, 1.807) is 0 Å². The molecule has 0 fully saturated rings. The summed E-state index contributed by atoms with van der Waals surface area (Å²) in [5, 5.41) is 0. The van der Waals surface area contributed by atoms with Gasteiger partial charge in [-0.2, -0.15) is 0 Å². The summed E-state index contributed by atoms with van der Waals surface area (Å²) in [5.41, 5.74) is 5.97. The van der Waals surface area contributed by atoms with Gasteiger partial charge in [-0.25, -0.2) is 0 Å². The molecule has 0 aliphatic rings. The molecule has 1 atom stereocenters. The van der Waals surface area contributed by atoms with Crippen LogP contribution in [-0.4, -0.2) is 30.6 Å². The molecular weight excluding hydrogens is 352 g/mol. The van der Waals surface area contributed by atoms with Gasteiger partial charge in [0.05, 0.1) is 0 Å². The molecule has 0 aliphatic carbocycles. The molecular formula is C27H58N2. The second kappa shape index (κ2) is 24.2. The highest BCUT2D eigenvalue weighted by Gasteiger charge is 2.11. The van der Waals surface area contributed by atoms with Crippen molar-refractivity contribution < 1.29 is 0 Å². The van der Waals surface area contributed by atoms with Gasteiger partial charge in [0.15, 0.2) is 0 Å². The lowest BCUT2D eigenvalue weighted by molar-refractivity contribution is 0.203. The Morgan fingerprint density at radius 2 is 0.759 bits per heavy atom. The van der Waals surface area contributed by atoms with E-state index < -0.39 is 0 Å². The number of hydrogen-bond acceptors (Lipinski definition) is 2. The summed E-state index contributed by atoms with van der Waals surface area (Å²) in [5.74, 6) is 0. The zero-order valence-electron chi connectivity index (χ0n) is 20.9. The largest absolute Gasteiger partial charge is 0.329 e. The minimum atomic E-state index is 0.548. The number of unbranched alkanes of at least 4 members (excludes halogenated alkanes) is 18. The lowest BCUT2D eigenvalue weighted by Gasteiger charge is -2.28. The average Bonchev–Trinajstić information content (AvgIpc) is 2.74. The first-order chi connectivity index (χ1) is 14.3. The zero-order chi connectivity index (χ0) is 21.4. The molecule has 0 heterocycles. The van der Waals surface area contributed by atoms with E-state index in [1.807, 2.05) is 0 Å². The van der Waals surface area contributed by atoms with Gasteiger partial charge in [0, 0.05) is 12.6 Å². The molecule has 0 aromatic heterocycles. The molecule has 176 valence electrons. The van der Waals surface area contributed by atoms with Crippen molar-refractivity contribution in [1.29, 1.82) is 0 Å². The monoisotopic (exact) mass is 410 g/mol. The third-order valence-corrected chi connectivity index (χ3v) is 6.56. The van der Waals surface area contributed by atoms with Gasteiger partial charge >= 0.3 is 0 Å². The van der Waals surface area contributed by atoms with Gasteiger partial charge < -0.3 is 5.73 Å². The highest BCUT2D eigenvalue weighted by molar-refractivity contribution is 4.68. The Bertz CT molecular complexity index is 268. The quantitative estimate of drug-likeness (QED) is 0.162. The summed E-state index contributed by atoms with van der Waals surface area (Å²) in [6, 6.07) is 0.548. The molecule has 2 nitrogen and oxygen atoms in total. The highest BCUT2D eigenvalue weighted by Crippen LogP contribution is 2.13. The van der Waals surface area contributed by atoms with Gasteiger partial charge in [0.25, 0.3) is 0 Å². The Morgan fingerprint density at radius 3 is 1.03 bits per heavy atom. The molecule has 0 spiro atoms. The average molecular weight is 411 g/mol. The fraction of sp³-hybridized carbons (Fsp3) is 1.00. The van der Waals surface area contributed by atoms with Crippen molar-refractivity contribution >= 4 is 0 Å². The molecule has 0 rings (SSSR count). The first kappa shape index (κ1) is 28.9. The number of rotatable bonds is 24. The maximum absolute atomic E-state index is 5.97. The van der Waals surface area contributed by atoms with Crippen LogP contribution in [0.1, 0.15) is 149 Å². The molecule has 2 N–H and O–H groups in total. The molecule has 0 saturated carbocycles. The SMILES string of the molecule is CCCCCCCCCCCCN(CCCCCCCCCCCC)C(C)CN.